The maximum atomic E-state index is 13.4. The Morgan fingerprint density at radius 1 is 1.21 bits per heavy atom. The first kappa shape index (κ1) is 18.9. The summed E-state index contributed by atoms with van der Waals surface area (Å²) in [6.07, 6.45) is 0. The van der Waals surface area contributed by atoms with E-state index >= 15 is 0 Å². The summed E-state index contributed by atoms with van der Waals surface area (Å²) in [5.41, 5.74) is 5.88. The van der Waals surface area contributed by atoms with Crippen LogP contribution in [0.4, 0.5) is 10.1 Å². The number of fused-ring (bicyclic) bond motifs is 1. The Balaban J connectivity index is 1.67. The summed E-state index contributed by atoms with van der Waals surface area (Å²) in [6.45, 7) is 3.81. The Hall–Kier alpha value is -2.39. The quantitative estimate of drug-likeness (QED) is 0.611. The Kier molecular flexibility index (Phi) is 5.11. The Morgan fingerprint density at radius 3 is 2.68 bits per heavy atom. The van der Waals surface area contributed by atoms with Crippen molar-refractivity contribution in [2.75, 3.05) is 10.7 Å². The second kappa shape index (κ2) is 7.56. The predicted molar refractivity (Wildman–Crippen MR) is 110 cm³/mol. The van der Waals surface area contributed by atoms with Gasteiger partial charge in [-0.15, -0.1) is 10.2 Å². The van der Waals surface area contributed by atoms with Crippen molar-refractivity contribution in [3.63, 3.8) is 0 Å². The van der Waals surface area contributed by atoms with E-state index in [0.717, 1.165) is 15.6 Å². The smallest absolute Gasteiger partial charge is 0.240 e. The van der Waals surface area contributed by atoms with Gasteiger partial charge in [-0.1, -0.05) is 30.0 Å². The van der Waals surface area contributed by atoms with Crippen molar-refractivity contribution in [1.82, 2.24) is 14.9 Å². The molecule has 0 aliphatic carbocycles. The fraction of sp³-hybridized carbons (Fsp3) is 0.211. The summed E-state index contributed by atoms with van der Waals surface area (Å²) < 4.78 is 16.0. The van der Waals surface area contributed by atoms with E-state index < -0.39 is 5.25 Å². The van der Waals surface area contributed by atoms with Crippen LogP contribution < -0.4 is 10.7 Å². The van der Waals surface area contributed by atoms with E-state index in [1.54, 1.807) is 16.8 Å². The molecule has 0 spiro atoms. The number of amides is 1. The number of anilines is 1. The number of nitrogens with zero attached hydrogens (tertiary/aromatic N) is 3. The summed E-state index contributed by atoms with van der Waals surface area (Å²) in [4.78, 5) is 13.1. The van der Waals surface area contributed by atoms with Crippen molar-refractivity contribution in [3.8, 4) is 0 Å². The summed E-state index contributed by atoms with van der Waals surface area (Å²) in [5.74, 6) is 0.191. The first-order chi connectivity index (χ1) is 13.4. The highest BCUT2D eigenvalue weighted by Crippen LogP contribution is 2.38. The van der Waals surface area contributed by atoms with Gasteiger partial charge in [0.05, 0.1) is 11.7 Å². The van der Waals surface area contributed by atoms with Crippen molar-refractivity contribution in [3.05, 3.63) is 69.7 Å². The minimum Gasteiger partial charge on any atom is -0.324 e. The van der Waals surface area contributed by atoms with Gasteiger partial charge < -0.3 is 10.7 Å². The molecule has 4 rings (SSSR count). The largest absolute Gasteiger partial charge is 0.324 e. The Labute approximate surface area is 174 Å². The third-order valence-corrected chi connectivity index (χ3v) is 6.34. The molecule has 0 fully saturated rings. The van der Waals surface area contributed by atoms with Crippen molar-refractivity contribution in [1.29, 1.82) is 0 Å². The highest BCUT2D eigenvalue weighted by Gasteiger charge is 2.37. The van der Waals surface area contributed by atoms with Gasteiger partial charge in [-0.25, -0.2) is 9.07 Å². The zero-order valence-electron chi connectivity index (χ0n) is 15.1. The molecule has 0 bridgehead atoms. The summed E-state index contributed by atoms with van der Waals surface area (Å²) in [7, 11) is 0. The first-order valence-corrected chi connectivity index (χ1v) is 10.3. The molecule has 144 valence electrons. The third kappa shape index (κ3) is 3.64. The number of aryl methyl sites for hydroxylation is 2. The van der Waals surface area contributed by atoms with Crippen LogP contribution in [0.3, 0.4) is 0 Å². The number of aromatic nitrogens is 3. The fourth-order valence-corrected chi connectivity index (χ4v) is 4.72. The van der Waals surface area contributed by atoms with Crippen molar-refractivity contribution < 1.29 is 9.18 Å². The van der Waals surface area contributed by atoms with Crippen LogP contribution in [0, 0.1) is 19.7 Å². The van der Waals surface area contributed by atoms with Crippen LogP contribution in [0.25, 0.3) is 0 Å². The van der Waals surface area contributed by atoms with E-state index in [1.165, 1.54) is 23.9 Å². The molecular weight excluding hydrogens is 445 g/mol. The lowest BCUT2D eigenvalue weighted by atomic mass is 10.0. The Morgan fingerprint density at radius 2 is 1.96 bits per heavy atom. The molecule has 0 saturated heterocycles. The van der Waals surface area contributed by atoms with Gasteiger partial charge in [-0.2, -0.15) is 0 Å². The molecule has 0 radical (unpaired) electrons. The van der Waals surface area contributed by atoms with Gasteiger partial charge in [0.1, 0.15) is 16.9 Å². The molecule has 3 aromatic rings. The van der Waals surface area contributed by atoms with Gasteiger partial charge in [-0.05, 0) is 65.2 Å². The van der Waals surface area contributed by atoms with Crippen LogP contribution in [0.15, 0.2) is 52.1 Å². The van der Waals surface area contributed by atoms with Gasteiger partial charge in [0.25, 0.3) is 0 Å². The molecule has 6 nitrogen and oxygen atoms in total. The molecule has 2 aromatic carbocycles. The molecule has 9 heteroatoms. The zero-order valence-corrected chi connectivity index (χ0v) is 17.5. The number of halogens is 2. The van der Waals surface area contributed by atoms with E-state index in [4.69, 9.17) is 0 Å². The molecule has 2 atom stereocenters. The van der Waals surface area contributed by atoms with Crippen molar-refractivity contribution in [2.45, 2.75) is 30.3 Å². The molecule has 1 aliphatic heterocycles. The highest BCUT2D eigenvalue weighted by atomic mass is 79.9. The molecule has 0 saturated carbocycles. The minimum absolute atomic E-state index is 0.178. The van der Waals surface area contributed by atoms with E-state index in [1.807, 2.05) is 32.0 Å². The van der Waals surface area contributed by atoms with Gasteiger partial charge in [0.15, 0.2) is 0 Å². The van der Waals surface area contributed by atoms with E-state index in [-0.39, 0.29) is 17.8 Å². The van der Waals surface area contributed by atoms with Crippen molar-refractivity contribution >= 4 is 39.3 Å². The number of thioether (sulfide) groups is 1. The van der Waals surface area contributed by atoms with Crippen LogP contribution in [0.1, 0.15) is 23.0 Å². The number of benzene rings is 2. The van der Waals surface area contributed by atoms with Gasteiger partial charge in [0.2, 0.25) is 11.1 Å². The SMILES string of the molecule is Cc1ccc(NC(=O)[C@H]2Sc3nnc(C)n3N[C@@H]2c2ccc(F)cc2)c(Br)c1. The lowest BCUT2D eigenvalue weighted by Crippen LogP contribution is -2.41. The zero-order chi connectivity index (χ0) is 19.8. The molecule has 2 N–H and O–H groups in total. The normalized spacial score (nSPS) is 18.3. The van der Waals surface area contributed by atoms with Crippen LogP contribution in [0.2, 0.25) is 0 Å². The second-order valence-electron chi connectivity index (χ2n) is 6.53. The molecular formula is C19H17BrFN5OS. The number of rotatable bonds is 3. The molecule has 1 amide bonds. The fourth-order valence-electron chi connectivity index (χ4n) is 3.01. The lowest BCUT2D eigenvalue weighted by Gasteiger charge is -2.32. The number of carbonyl (C=O) groups is 1. The maximum Gasteiger partial charge on any atom is 0.240 e. The Bertz CT molecular complexity index is 1040. The first-order valence-electron chi connectivity index (χ1n) is 8.60. The van der Waals surface area contributed by atoms with Crippen LogP contribution in [0.5, 0.6) is 0 Å². The molecule has 2 heterocycles. The van der Waals surface area contributed by atoms with E-state index in [9.17, 15) is 9.18 Å². The predicted octanol–water partition coefficient (Wildman–Crippen LogP) is 4.19. The summed E-state index contributed by atoms with van der Waals surface area (Å²) >= 11 is 4.82. The maximum absolute atomic E-state index is 13.4. The standard InChI is InChI=1S/C19H17BrFN5OS/c1-10-3-8-15(14(20)9-10)22-18(27)17-16(12-4-6-13(21)7-5-12)25-26-11(2)23-24-19(26)28-17/h3-9,16-17,25H,1-2H3,(H,22,27)/t16-,17+/m1/s1. The van der Waals surface area contributed by atoms with Gasteiger partial charge in [0, 0.05) is 4.47 Å². The number of carbonyl (C=O) groups excluding carboxylic acids is 1. The number of hydrogen-bond acceptors (Lipinski definition) is 5. The number of nitrogens with one attached hydrogen (secondary N) is 2. The molecule has 1 aliphatic rings. The van der Waals surface area contributed by atoms with Crippen LogP contribution >= 0.6 is 27.7 Å². The second-order valence-corrected chi connectivity index (χ2v) is 8.50. The average Bonchev–Trinajstić information content (AvgIpc) is 3.04. The minimum atomic E-state index is -0.519. The lowest BCUT2D eigenvalue weighted by molar-refractivity contribution is -0.116. The average molecular weight is 462 g/mol. The third-order valence-electron chi connectivity index (χ3n) is 4.47. The molecule has 1 aromatic heterocycles. The van der Waals surface area contributed by atoms with Crippen LogP contribution in [-0.4, -0.2) is 26.0 Å². The van der Waals surface area contributed by atoms with E-state index in [2.05, 4.69) is 36.9 Å². The van der Waals surface area contributed by atoms with Gasteiger partial charge in [-0.3, -0.25) is 4.79 Å². The summed E-state index contributed by atoms with van der Waals surface area (Å²) in [6, 6.07) is 11.5. The highest BCUT2D eigenvalue weighted by molar-refractivity contribution is 9.10. The monoisotopic (exact) mass is 461 g/mol. The van der Waals surface area contributed by atoms with Crippen molar-refractivity contribution in [2.24, 2.45) is 0 Å². The van der Waals surface area contributed by atoms with E-state index in [0.29, 0.717) is 16.7 Å². The topological polar surface area (TPSA) is 71.8 Å². The number of hydrogen-bond donors (Lipinski definition) is 2. The summed E-state index contributed by atoms with van der Waals surface area (Å²) in [5, 5.41) is 11.3. The van der Waals surface area contributed by atoms with Gasteiger partial charge >= 0.3 is 0 Å². The molecule has 0 unspecified atom stereocenters. The van der Waals surface area contributed by atoms with Crippen LogP contribution in [-0.2, 0) is 4.79 Å². The molecule has 28 heavy (non-hydrogen) atoms.